The van der Waals surface area contributed by atoms with Crippen molar-refractivity contribution >= 4 is 47.0 Å². The zero-order valence-electron chi connectivity index (χ0n) is 17.2. The van der Waals surface area contributed by atoms with Gasteiger partial charge >= 0.3 is 11.7 Å². The van der Waals surface area contributed by atoms with Crippen molar-refractivity contribution < 1.29 is 24.4 Å². The van der Waals surface area contributed by atoms with Gasteiger partial charge in [-0.1, -0.05) is 11.8 Å². The summed E-state index contributed by atoms with van der Waals surface area (Å²) in [6, 6.07) is -1.82. The van der Waals surface area contributed by atoms with E-state index >= 15 is 0 Å². The van der Waals surface area contributed by atoms with Crippen LogP contribution < -0.4 is 5.32 Å². The van der Waals surface area contributed by atoms with Gasteiger partial charge in [-0.2, -0.15) is 5.10 Å². The fourth-order valence-electron chi connectivity index (χ4n) is 3.32. The van der Waals surface area contributed by atoms with Crippen LogP contribution >= 0.6 is 23.5 Å². The van der Waals surface area contributed by atoms with E-state index < -0.39 is 40.2 Å². The zero-order chi connectivity index (χ0) is 23.9. The van der Waals surface area contributed by atoms with Gasteiger partial charge in [0, 0.05) is 18.6 Å². The quantitative estimate of drug-likeness (QED) is 0.205. The number of amides is 2. The third-order valence-corrected chi connectivity index (χ3v) is 7.52. The number of hydrogen-bond acceptors (Lipinski definition) is 11. The Morgan fingerprint density at radius 2 is 2.24 bits per heavy atom. The van der Waals surface area contributed by atoms with Gasteiger partial charge in [-0.25, -0.2) is 9.48 Å². The Labute approximate surface area is 193 Å². The molecule has 33 heavy (non-hydrogen) atoms. The van der Waals surface area contributed by atoms with Crippen molar-refractivity contribution in [3.8, 4) is 0 Å². The Balaban J connectivity index is 1.45. The van der Waals surface area contributed by atoms with Crippen LogP contribution in [0.1, 0.15) is 13.0 Å². The molecule has 1 saturated heterocycles. The van der Waals surface area contributed by atoms with Gasteiger partial charge in [-0.05, 0) is 22.9 Å². The number of carbonyl (C=O) groups excluding carboxylic acids is 2. The van der Waals surface area contributed by atoms with Gasteiger partial charge in [-0.3, -0.25) is 29.3 Å². The minimum Gasteiger partial charge on any atom is -0.477 e. The largest absolute Gasteiger partial charge is 0.477 e. The number of thioether (sulfide) groups is 2. The van der Waals surface area contributed by atoms with E-state index in [9.17, 15) is 29.6 Å². The average Bonchev–Trinajstić information content (AvgIpc) is 3.43. The molecule has 3 atom stereocenters. The van der Waals surface area contributed by atoms with Crippen molar-refractivity contribution in [2.45, 2.75) is 29.5 Å². The van der Waals surface area contributed by atoms with Gasteiger partial charge < -0.3 is 10.4 Å². The SMILES string of the molecule is CC(C(=O)NC1C(=O)N2C(C(=O)O)=C(CSc3nnnn3C)CSC12)n1cc([N+](=O)[O-])cn1. The number of nitro groups is 1. The van der Waals surface area contributed by atoms with E-state index in [4.69, 9.17) is 0 Å². The van der Waals surface area contributed by atoms with Crippen molar-refractivity contribution in [1.82, 2.24) is 40.2 Å². The topological polar surface area (TPSA) is 191 Å². The van der Waals surface area contributed by atoms with Crippen LogP contribution in [0.25, 0.3) is 0 Å². The smallest absolute Gasteiger partial charge is 0.352 e. The highest BCUT2D eigenvalue weighted by Crippen LogP contribution is 2.41. The molecule has 2 aliphatic rings. The summed E-state index contributed by atoms with van der Waals surface area (Å²) in [7, 11) is 1.66. The number of nitrogens with zero attached hydrogens (tertiary/aromatic N) is 8. The third kappa shape index (κ3) is 4.15. The van der Waals surface area contributed by atoms with Gasteiger partial charge in [0.25, 0.3) is 5.91 Å². The first-order valence-corrected chi connectivity index (χ1v) is 11.5. The molecule has 2 aromatic heterocycles. The number of aromatic nitrogens is 6. The van der Waals surface area contributed by atoms with Crippen LogP contribution in [0.5, 0.6) is 0 Å². The highest BCUT2D eigenvalue weighted by molar-refractivity contribution is 8.01. The van der Waals surface area contributed by atoms with Gasteiger partial charge in [0.05, 0.1) is 4.92 Å². The fraction of sp³-hybridized carbons (Fsp3) is 0.438. The van der Waals surface area contributed by atoms with E-state index in [1.807, 2.05) is 0 Å². The monoisotopic (exact) mass is 495 g/mol. The van der Waals surface area contributed by atoms with Crippen molar-refractivity contribution in [1.29, 1.82) is 0 Å². The standard InChI is InChI=1S/C16H17N9O6S2/c1-7(23-4-9(3-17-23)25(30)31)12(26)18-10-13(27)24-11(15(28)29)8(5-32-14(10)24)6-33-16-19-20-21-22(16)2/h3-4,7,10,14H,5-6H2,1-2H3,(H,18,26)(H,28,29). The first-order valence-electron chi connectivity index (χ1n) is 9.43. The number of carboxylic acids is 1. The van der Waals surface area contributed by atoms with Crippen molar-refractivity contribution in [2.24, 2.45) is 7.05 Å². The molecule has 17 heteroatoms. The van der Waals surface area contributed by atoms with Gasteiger partial charge in [0.2, 0.25) is 11.1 Å². The van der Waals surface area contributed by atoms with E-state index in [2.05, 4.69) is 25.9 Å². The molecule has 0 spiro atoms. The van der Waals surface area contributed by atoms with Crippen molar-refractivity contribution in [3.63, 3.8) is 0 Å². The van der Waals surface area contributed by atoms with Crippen molar-refractivity contribution in [2.75, 3.05) is 11.5 Å². The lowest BCUT2D eigenvalue weighted by Crippen LogP contribution is -2.71. The van der Waals surface area contributed by atoms with E-state index in [0.29, 0.717) is 16.5 Å². The van der Waals surface area contributed by atoms with Crippen LogP contribution in [0, 0.1) is 10.1 Å². The second-order valence-corrected chi connectivity index (χ2v) is 9.19. The third-order valence-electron chi connectivity index (χ3n) is 5.08. The summed E-state index contributed by atoms with van der Waals surface area (Å²) in [5.74, 6) is -1.71. The van der Waals surface area contributed by atoms with Crippen LogP contribution in [-0.4, -0.2) is 85.6 Å². The minimum atomic E-state index is -1.23. The first-order chi connectivity index (χ1) is 15.7. The lowest BCUT2D eigenvalue weighted by atomic mass is 10.0. The molecule has 2 amide bonds. The van der Waals surface area contributed by atoms with Crippen LogP contribution in [-0.2, 0) is 21.4 Å². The summed E-state index contributed by atoms with van der Waals surface area (Å²) in [6.45, 7) is 1.49. The van der Waals surface area contributed by atoms with Crippen LogP contribution in [0.15, 0.2) is 28.8 Å². The van der Waals surface area contributed by atoms with Crippen LogP contribution in [0.3, 0.4) is 0 Å². The van der Waals surface area contributed by atoms with Gasteiger partial charge in [0.1, 0.15) is 35.5 Å². The first kappa shape index (κ1) is 22.7. The van der Waals surface area contributed by atoms with E-state index in [1.165, 1.54) is 40.0 Å². The number of aryl methyl sites for hydroxylation is 1. The molecular weight excluding hydrogens is 478 g/mol. The van der Waals surface area contributed by atoms with E-state index in [-0.39, 0.29) is 17.1 Å². The normalized spacial score (nSPS) is 20.8. The molecule has 4 rings (SSSR count). The second kappa shape index (κ2) is 8.81. The molecule has 3 unspecified atom stereocenters. The lowest BCUT2D eigenvalue weighted by molar-refractivity contribution is -0.385. The highest BCUT2D eigenvalue weighted by Gasteiger charge is 2.54. The number of β-lactam (4-membered cyclic amide) rings is 1. The molecule has 2 aromatic rings. The number of hydrogen-bond donors (Lipinski definition) is 2. The molecule has 0 radical (unpaired) electrons. The average molecular weight is 496 g/mol. The molecule has 174 valence electrons. The zero-order valence-corrected chi connectivity index (χ0v) is 18.8. The summed E-state index contributed by atoms with van der Waals surface area (Å²) in [5, 5.41) is 38.0. The summed E-state index contributed by atoms with van der Waals surface area (Å²) < 4.78 is 2.59. The molecule has 2 N–H and O–H groups in total. The summed E-state index contributed by atoms with van der Waals surface area (Å²) in [6.07, 6.45) is 2.15. The number of rotatable bonds is 8. The maximum Gasteiger partial charge on any atom is 0.352 e. The molecular formula is C16H17N9O6S2. The Kier molecular flexibility index (Phi) is 6.07. The number of fused-ring (bicyclic) bond motifs is 1. The molecule has 15 nitrogen and oxygen atoms in total. The maximum absolute atomic E-state index is 12.8. The van der Waals surface area contributed by atoms with Crippen LogP contribution in [0.4, 0.5) is 5.69 Å². The van der Waals surface area contributed by atoms with Gasteiger partial charge in [-0.15, -0.1) is 16.9 Å². The van der Waals surface area contributed by atoms with Crippen molar-refractivity contribution in [3.05, 3.63) is 33.8 Å². The molecule has 4 heterocycles. The fourth-order valence-corrected chi connectivity index (χ4v) is 5.65. The summed E-state index contributed by atoms with van der Waals surface area (Å²) in [5.41, 5.74) is 0.182. The maximum atomic E-state index is 12.8. The lowest BCUT2D eigenvalue weighted by Gasteiger charge is -2.49. The van der Waals surface area contributed by atoms with E-state index in [0.717, 1.165) is 17.1 Å². The second-order valence-electron chi connectivity index (χ2n) is 7.14. The van der Waals surface area contributed by atoms with Crippen LogP contribution in [0.2, 0.25) is 0 Å². The number of tetrazole rings is 1. The van der Waals surface area contributed by atoms with Gasteiger partial charge in [0.15, 0.2) is 0 Å². The Bertz CT molecular complexity index is 1180. The molecule has 2 aliphatic heterocycles. The molecule has 0 aromatic carbocycles. The molecule has 0 aliphatic carbocycles. The Morgan fingerprint density at radius 1 is 1.48 bits per heavy atom. The summed E-state index contributed by atoms with van der Waals surface area (Å²) >= 11 is 2.59. The summed E-state index contributed by atoms with van der Waals surface area (Å²) in [4.78, 5) is 48.7. The van der Waals surface area contributed by atoms with E-state index in [1.54, 1.807) is 7.05 Å². The molecule has 1 fully saturated rings. The number of nitrogens with one attached hydrogen (secondary N) is 1. The Morgan fingerprint density at radius 3 is 2.85 bits per heavy atom. The molecule has 0 saturated carbocycles. The Hall–Kier alpha value is -3.47. The number of aliphatic carboxylic acids is 1. The minimum absolute atomic E-state index is 0.104. The predicted octanol–water partition coefficient (Wildman–Crippen LogP) is -0.593. The predicted molar refractivity (Wildman–Crippen MR) is 113 cm³/mol. The molecule has 0 bridgehead atoms. The number of carbonyl (C=O) groups is 3. The highest BCUT2D eigenvalue weighted by atomic mass is 32.2. The number of carboxylic acid groups (broad SMARTS) is 1.